The monoisotopic (exact) mass is 344 g/mol. The number of hydrogen-bond donors (Lipinski definition) is 0. The first-order valence-electron chi connectivity index (χ1n) is 8.21. The molecule has 25 heavy (non-hydrogen) atoms. The molecular formula is C19H21FN2O3. The van der Waals surface area contributed by atoms with Gasteiger partial charge in [-0.25, -0.2) is 4.39 Å². The van der Waals surface area contributed by atoms with Gasteiger partial charge in [-0.05, 0) is 24.3 Å². The van der Waals surface area contributed by atoms with Gasteiger partial charge in [-0.2, -0.15) is 0 Å². The minimum atomic E-state index is -0.378. The van der Waals surface area contributed by atoms with Crippen molar-refractivity contribution in [2.24, 2.45) is 0 Å². The molecule has 2 aromatic carbocycles. The largest absolute Gasteiger partial charge is 0.497 e. The van der Waals surface area contributed by atoms with Crippen molar-refractivity contribution in [3.63, 3.8) is 0 Å². The van der Waals surface area contributed by atoms with Gasteiger partial charge in [0.1, 0.15) is 17.3 Å². The molecule has 132 valence electrons. The summed E-state index contributed by atoms with van der Waals surface area (Å²) in [7, 11) is 1.65. The minimum absolute atomic E-state index is 0.0807. The number of carbonyl (C=O) groups excluding carboxylic acids is 1. The molecule has 1 fully saturated rings. The van der Waals surface area contributed by atoms with Crippen LogP contribution in [-0.4, -0.2) is 50.7 Å². The van der Waals surface area contributed by atoms with Crippen molar-refractivity contribution in [3.8, 4) is 11.5 Å². The molecule has 0 spiro atoms. The maximum Gasteiger partial charge on any atom is 0.260 e. The van der Waals surface area contributed by atoms with E-state index in [1.165, 1.54) is 12.1 Å². The molecule has 6 heteroatoms. The molecule has 0 atom stereocenters. The van der Waals surface area contributed by atoms with Crippen molar-refractivity contribution in [2.45, 2.75) is 0 Å². The predicted molar refractivity (Wildman–Crippen MR) is 93.7 cm³/mol. The number of anilines is 1. The Morgan fingerprint density at radius 3 is 2.48 bits per heavy atom. The van der Waals surface area contributed by atoms with Crippen LogP contribution in [0.1, 0.15) is 0 Å². The fourth-order valence-electron chi connectivity index (χ4n) is 2.81. The third kappa shape index (κ3) is 4.41. The lowest BCUT2D eigenvalue weighted by molar-refractivity contribution is -0.133. The summed E-state index contributed by atoms with van der Waals surface area (Å²) >= 11 is 0. The van der Waals surface area contributed by atoms with E-state index >= 15 is 0 Å². The summed E-state index contributed by atoms with van der Waals surface area (Å²) in [6.45, 7) is 2.67. The van der Waals surface area contributed by atoms with Gasteiger partial charge in [-0.1, -0.05) is 12.1 Å². The van der Waals surface area contributed by atoms with Gasteiger partial charge in [0.2, 0.25) is 0 Å². The second kappa shape index (κ2) is 7.88. The molecular weight excluding hydrogens is 323 g/mol. The van der Waals surface area contributed by atoms with Gasteiger partial charge in [0.25, 0.3) is 5.91 Å². The van der Waals surface area contributed by atoms with Gasteiger partial charge < -0.3 is 19.3 Å². The Bertz CT molecular complexity index is 730. The summed E-state index contributed by atoms with van der Waals surface area (Å²) in [5.74, 6) is 0.717. The van der Waals surface area contributed by atoms with Crippen molar-refractivity contribution < 1.29 is 18.7 Å². The molecule has 1 saturated heterocycles. The van der Waals surface area contributed by atoms with E-state index in [9.17, 15) is 9.18 Å². The molecule has 2 aromatic rings. The zero-order valence-electron chi connectivity index (χ0n) is 14.2. The van der Waals surface area contributed by atoms with E-state index in [0.717, 1.165) is 24.5 Å². The van der Waals surface area contributed by atoms with E-state index in [0.29, 0.717) is 18.8 Å². The molecule has 3 rings (SSSR count). The molecule has 0 aromatic heterocycles. The smallest absolute Gasteiger partial charge is 0.260 e. The first-order valence-corrected chi connectivity index (χ1v) is 8.21. The highest BCUT2D eigenvalue weighted by Crippen LogP contribution is 2.22. The number of benzene rings is 2. The van der Waals surface area contributed by atoms with E-state index in [-0.39, 0.29) is 18.3 Å². The standard InChI is InChI=1S/C19H21FN2O3/c1-24-17-6-3-5-16(13-17)21-8-10-22(11-9-21)19(23)14-25-18-7-2-4-15(20)12-18/h2-7,12-13H,8-11,14H2,1H3. The second-order valence-electron chi connectivity index (χ2n) is 5.82. The van der Waals surface area contributed by atoms with Crippen LogP contribution in [0.5, 0.6) is 11.5 Å². The first kappa shape index (κ1) is 17.1. The maximum absolute atomic E-state index is 13.1. The van der Waals surface area contributed by atoms with Crippen LogP contribution in [0.3, 0.4) is 0 Å². The van der Waals surface area contributed by atoms with Crippen LogP contribution in [0.25, 0.3) is 0 Å². The molecule has 0 unspecified atom stereocenters. The van der Waals surface area contributed by atoms with Crippen LogP contribution >= 0.6 is 0 Å². The average Bonchev–Trinajstić information content (AvgIpc) is 2.66. The highest BCUT2D eigenvalue weighted by Gasteiger charge is 2.21. The van der Waals surface area contributed by atoms with Crippen molar-refractivity contribution in [2.75, 3.05) is 44.8 Å². The predicted octanol–water partition coefficient (Wildman–Crippen LogP) is 2.56. The Balaban J connectivity index is 1.50. The first-order chi connectivity index (χ1) is 12.2. The number of halogens is 1. The van der Waals surface area contributed by atoms with Gasteiger partial charge >= 0.3 is 0 Å². The molecule has 0 radical (unpaired) electrons. The lowest BCUT2D eigenvalue weighted by Crippen LogP contribution is -2.50. The van der Waals surface area contributed by atoms with Crippen molar-refractivity contribution in [1.82, 2.24) is 4.90 Å². The Morgan fingerprint density at radius 2 is 1.76 bits per heavy atom. The molecule has 0 bridgehead atoms. The number of piperazine rings is 1. The summed E-state index contributed by atoms with van der Waals surface area (Å²) in [5, 5.41) is 0. The molecule has 0 aliphatic carbocycles. The normalized spacial score (nSPS) is 14.3. The van der Waals surface area contributed by atoms with Gasteiger partial charge in [0.15, 0.2) is 6.61 Å². The van der Waals surface area contributed by atoms with Crippen LogP contribution in [-0.2, 0) is 4.79 Å². The van der Waals surface area contributed by atoms with Gasteiger partial charge in [0, 0.05) is 44.0 Å². The maximum atomic E-state index is 13.1. The summed E-state index contributed by atoms with van der Waals surface area (Å²) in [6, 6.07) is 13.7. The molecule has 0 N–H and O–H groups in total. The molecule has 0 saturated carbocycles. The number of amides is 1. The Kier molecular flexibility index (Phi) is 5.38. The molecule has 1 aliphatic heterocycles. The van der Waals surface area contributed by atoms with E-state index in [1.54, 1.807) is 24.1 Å². The van der Waals surface area contributed by atoms with Crippen LogP contribution < -0.4 is 14.4 Å². The number of carbonyl (C=O) groups is 1. The third-order valence-electron chi connectivity index (χ3n) is 4.21. The number of methoxy groups -OCH3 is 1. The highest BCUT2D eigenvalue weighted by molar-refractivity contribution is 5.78. The van der Waals surface area contributed by atoms with Crippen LogP contribution in [0.15, 0.2) is 48.5 Å². The topological polar surface area (TPSA) is 42.0 Å². The Hall–Kier alpha value is -2.76. The van der Waals surface area contributed by atoms with Crippen LogP contribution in [0, 0.1) is 5.82 Å². The number of nitrogens with zero attached hydrogens (tertiary/aromatic N) is 2. The molecule has 5 nitrogen and oxygen atoms in total. The van der Waals surface area contributed by atoms with Crippen LogP contribution in [0.4, 0.5) is 10.1 Å². The lowest BCUT2D eigenvalue weighted by atomic mass is 10.2. The zero-order chi connectivity index (χ0) is 17.6. The van der Waals surface area contributed by atoms with E-state index < -0.39 is 0 Å². The van der Waals surface area contributed by atoms with Gasteiger partial charge in [-0.3, -0.25) is 4.79 Å². The molecule has 1 amide bonds. The fraction of sp³-hybridized carbons (Fsp3) is 0.316. The van der Waals surface area contributed by atoms with Gasteiger partial charge in [0.05, 0.1) is 7.11 Å². The van der Waals surface area contributed by atoms with Gasteiger partial charge in [-0.15, -0.1) is 0 Å². The molecule has 1 aliphatic rings. The zero-order valence-corrected chi connectivity index (χ0v) is 14.2. The van der Waals surface area contributed by atoms with E-state index in [2.05, 4.69) is 4.90 Å². The summed E-state index contributed by atoms with van der Waals surface area (Å²) in [5.41, 5.74) is 1.09. The highest BCUT2D eigenvalue weighted by atomic mass is 19.1. The number of rotatable bonds is 5. The van der Waals surface area contributed by atoms with Crippen molar-refractivity contribution in [3.05, 3.63) is 54.3 Å². The quantitative estimate of drug-likeness (QED) is 0.836. The summed E-state index contributed by atoms with van der Waals surface area (Å²) in [6.07, 6.45) is 0. The second-order valence-corrected chi connectivity index (χ2v) is 5.82. The Morgan fingerprint density at radius 1 is 1.04 bits per heavy atom. The van der Waals surface area contributed by atoms with Crippen LogP contribution in [0.2, 0.25) is 0 Å². The van der Waals surface area contributed by atoms with E-state index in [4.69, 9.17) is 9.47 Å². The number of ether oxygens (including phenoxy) is 2. The van der Waals surface area contributed by atoms with Crippen molar-refractivity contribution in [1.29, 1.82) is 0 Å². The summed E-state index contributed by atoms with van der Waals surface area (Å²) < 4.78 is 23.8. The van der Waals surface area contributed by atoms with E-state index in [1.807, 2.05) is 24.3 Å². The minimum Gasteiger partial charge on any atom is -0.497 e. The molecule has 1 heterocycles. The lowest BCUT2D eigenvalue weighted by Gasteiger charge is -2.36. The Labute approximate surface area is 146 Å². The van der Waals surface area contributed by atoms with Crippen molar-refractivity contribution >= 4 is 11.6 Å². The number of hydrogen-bond acceptors (Lipinski definition) is 4. The fourth-order valence-corrected chi connectivity index (χ4v) is 2.81. The SMILES string of the molecule is COc1cccc(N2CCN(C(=O)COc3cccc(F)c3)CC2)c1. The summed E-state index contributed by atoms with van der Waals surface area (Å²) in [4.78, 5) is 16.3. The third-order valence-corrected chi connectivity index (χ3v) is 4.21. The average molecular weight is 344 g/mol.